The van der Waals surface area contributed by atoms with Crippen LogP contribution in [-0.2, 0) is 18.4 Å². The number of hydrogen-bond donors (Lipinski definition) is 1. The third-order valence-electron chi connectivity index (χ3n) is 4.46. The van der Waals surface area contributed by atoms with Crippen LogP contribution in [-0.4, -0.2) is 21.9 Å². The molecule has 0 bridgehead atoms. The molecule has 0 atom stereocenters. The van der Waals surface area contributed by atoms with E-state index in [9.17, 15) is 18.0 Å². The summed E-state index contributed by atoms with van der Waals surface area (Å²) in [6, 6.07) is 0. The van der Waals surface area contributed by atoms with Crippen LogP contribution in [0, 0.1) is 12.3 Å². The molecule has 1 aromatic heterocycles. The Hall–Kier alpha value is -1.53. The SMILES string of the molecule is Cc1c(CNC(=O)C2(C(F)(F)F)CCCCC2)cnn1C. The van der Waals surface area contributed by atoms with Crippen LogP contribution in [0.1, 0.15) is 43.4 Å². The largest absolute Gasteiger partial charge is 0.403 e. The molecule has 0 aliphatic heterocycles. The molecule has 1 fully saturated rings. The monoisotopic (exact) mass is 303 g/mol. The number of carbonyl (C=O) groups is 1. The van der Waals surface area contributed by atoms with Gasteiger partial charge in [-0.15, -0.1) is 0 Å². The Balaban J connectivity index is 2.11. The van der Waals surface area contributed by atoms with Crippen molar-refractivity contribution >= 4 is 5.91 Å². The van der Waals surface area contributed by atoms with Crippen LogP contribution in [0.5, 0.6) is 0 Å². The summed E-state index contributed by atoms with van der Waals surface area (Å²) in [4.78, 5) is 12.2. The molecular weight excluding hydrogens is 283 g/mol. The maximum atomic E-state index is 13.4. The molecule has 118 valence electrons. The van der Waals surface area contributed by atoms with E-state index in [0.717, 1.165) is 17.7 Å². The summed E-state index contributed by atoms with van der Waals surface area (Å²) in [6.07, 6.45) is -1.52. The van der Waals surface area contributed by atoms with Crippen molar-refractivity contribution in [2.75, 3.05) is 0 Å². The van der Waals surface area contributed by atoms with Crippen LogP contribution in [0.25, 0.3) is 0 Å². The number of hydrogen-bond acceptors (Lipinski definition) is 2. The number of nitrogens with zero attached hydrogens (tertiary/aromatic N) is 2. The van der Waals surface area contributed by atoms with Crippen LogP contribution < -0.4 is 5.32 Å². The molecule has 0 spiro atoms. The molecule has 4 nitrogen and oxygen atoms in total. The van der Waals surface area contributed by atoms with Gasteiger partial charge in [0.1, 0.15) is 5.41 Å². The van der Waals surface area contributed by atoms with Crippen LogP contribution in [0.3, 0.4) is 0 Å². The number of amides is 1. The topological polar surface area (TPSA) is 46.9 Å². The summed E-state index contributed by atoms with van der Waals surface area (Å²) < 4.78 is 41.8. The summed E-state index contributed by atoms with van der Waals surface area (Å²) >= 11 is 0. The van der Waals surface area contributed by atoms with Crippen molar-refractivity contribution in [1.82, 2.24) is 15.1 Å². The molecule has 1 aliphatic rings. The zero-order chi connectivity index (χ0) is 15.7. The number of halogens is 3. The molecule has 1 aliphatic carbocycles. The molecule has 7 heteroatoms. The predicted octanol–water partition coefficient (Wildman–Crippen LogP) is 2.86. The lowest BCUT2D eigenvalue weighted by molar-refractivity contribution is -0.230. The van der Waals surface area contributed by atoms with Gasteiger partial charge in [0.2, 0.25) is 5.91 Å². The van der Waals surface area contributed by atoms with Gasteiger partial charge >= 0.3 is 6.18 Å². The van der Waals surface area contributed by atoms with E-state index in [1.54, 1.807) is 17.9 Å². The van der Waals surface area contributed by atoms with Gasteiger partial charge in [-0.25, -0.2) is 0 Å². The molecule has 21 heavy (non-hydrogen) atoms. The minimum absolute atomic E-state index is 0.0797. The van der Waals surface area contributed by atoms with Crippen molar-refractivity contribution in [3.8, 4) is 0 Å². The Labute approximate surface area is 121 Å². The van der Waals surface area contributed by atoms with E-state index >= 15 is 0 Å². The summed E-state index contributed by atoms with van der Waals surface area (Å²) in [5.74, 6) is -0.905. The first-order chi connectivity index (χ1) is 9.78. The van der Waals surface area contributed by atoms with Gasteiger partial charge in [0, 0.05) is 24.8 Å². The predicted molar refractivity (Wildman–Crippen MR) is 71.4 cm³/mol. The van der Waals surface area contributed by atoms with Gasteiger partial charge in [-0.1, -0.05) is 19.3 Å². The smallest absolute Gasteiger partial charge is 0.351 e. The van der Waals surface area contributed by atoms with E-state index in [-0.39, 0.29) is 19.4 Å². The van der Waals surface area contributed by atoms with E-state index in [4.69, 9.17) is 0 Å². The van der Waals surface area contributed by atoms with Crippen molar-refractivity contribution in [3.05, 3.63) is 17.5 Å². The number of aromatic nitrogens is 2. The highest BCUT2D eigenvalue weighted by Gasteiger charge is 2.59. The number of carbonyl (C=O) groups excluding carboxylic acids is 1. The molecular formula is C14H20F3N3O. The van der Waals surface area contributed by atoms with Crippen LogP contribution >= 0.6 is 0 Å². The van der Waals surface area contributed by atoms with Crippen LogP contribution in [0.15, 0.2) is 6.20 Å². The van der Waals surface area contributed by atoms with Gasteiger partial charge in [0.25, 0.3) is 0 Å². The lowest BCUT2D eigenvalue weighted by Crippen LogP contribution is -2.51. The standard InChI is InChI=1S/C14H20F3N3O/c1-10-11(9-19-20(10)2)8-18-12(21)13(14(15,16)17)6-4-3-5-7-13/h9H,3-8H2,1-2H3,(H,18,21). The van der Waals surface area contributed by atoms with E-state index in [2.05, 4.69) is 10.4 Å². The van der Waals surface area contributed by atoms with E-state index in [1.165, 1.54) is 0 Å². The zero-order valence-electron chi connectivity index (χ0n) is 12.3. The molecule has 1 heterocycles. The third-order valence-corrected chi connectivity index (χ3v) is 4.46. The minimum Gasteiger partial charge on any atom is -0.351 e. The highest BCUT2D eigenvalue weighted by molar-refractivity contribution is 5.83. The Morgan fingerprint density at radius 1 is 1.38 bits per heavy atom. The summed E-state index contributed by atoms with van der Waals surface area (Å²) in [5, 5.41) is 6.47. The second-order valence-corrected chi connectivity index (χ2v) is 5.70. The minimum atomic E-state index is -4.50. The Bertz CT molecular complexity index is 516. The Morgan fingerprint density at radius 3 is 2.48 bits per heavy atom. The molecule has 0 aromatic carbocycles. The van der Waals surface area contributed by atoms with E-state index in [1.807, 2.05) is 6.92 Å². The van der Waals surface area contributed by atoms with Gasteiger partial charge in [0.15, 0.2) is 0 Å². The summed E-state index contributed by atoms with van der Waals surface area (Å²) in [5.41, 5.74) is -0.652. The van der Waals surface area contributed by atoms with Crippen molar-refractivity contribution in [1.29, 1.82) is 0 Å². The molecule has 1 amide bonds. The molecule has 1 saturated carbocycles. The van der Waals surface area contributed by atoms with Crippen molar-refractivity contribution in [2.24, 2.45) is 12.5 Å². The molecule has 1 N–H and O–H groups in total. The first kappa shape index (κ1) is 15.9. The lowest BCUT2D eigenvalue weighted by Gasteiger charge is -2.37. The highest BCUT2D eigenvalue weighted by atomic mass is 19.4. The zero-order valence-corrected chi connectivity index (χ0v) is 12.3. The lowest BCUT2D eigenvalue weighted by atomic mass is 9.72. The van der Waals surface area contributed by atoms with E-state index < -0.39 is 17.5 Å². The second-order valence-electron chi connectivity index (χ2n) is 5.70. The van der Waals surface area contributed by atoms with Gasteiger partial charge in [0.05, 0.1) is 6.20 Å². The van der Waals surface area contributed by atoms with E-state index in [0.29, 0.717) is 12.8 Å². The quantitative estimate of drug-likeness (QED) is 0.933. The fourth-order valence-electron chi connectivity index (χ4n) is 2.86. The van der Waals surface area contributed by atoms with Gasteiger partial charge < -0.3 is 5.32 Å². The maximum Gasteiger partial charge on any atom is 0.403 e. The number of aryl methyl sites for hydroxylation is 1. The van der Waals surface area contributed by atoms with Gasteiger partial charge in [-0.05, 0) is 19.8 Å². The summed E-state index contributed by atoms with van der Waals surface area (Å²) in [6.45, 7) is 1.89. The Kier molecular flexibility index (Phi) is 4.30. The molecule has 2 rings (SSSR count). The first-order valence-electron chi connectivity index (χ1n) is 7.10. The second kappa shape index (κ2) is 5.69. The fraction of sp³-hybridized carbons (Fsp3) is 0.714. The van der Waals surface area contributed by atoms with Crippen LogP contribution in [0.2, 0.25) is 0 Å². The molecule has 0 unspecified atom stereocenters. The van der Waals surface area contributed by atoms with Crippen molar-refractivity contribution in [3.63, 3.8) is 0 Å². The van der Waals surface area contributed by atoms with Crippen molar-refractivity contribution in [2.45, 2.75) is 51.7 Å². The fourth-order valence-corrected chi connectivity index (χ4v) is 2.86. The molecule has 1 aromatic rings. The average Bonchev–Trinajstić information content (AvgIpc) is 2.76. The number of alkyl halides is 3. The normalized spacial score (nSPS) is 18.5. The maximum absolute atomic E-state index is 13.4. The van der Waals surface area contributed by atoms with Crippen molar-refractivity contribution < 1.29 is 18.0 Å². The Morgan fingerprint density at radius 2 is 2.00 bits per heavy atom. The van der Waals surface area contributed by atoms with Gasteiger partial charge in [-0.3, -0.25) is 9.48 Å². The average molecular weight is 303 g/mol. The first-order valence-corrected chi connectivity index (χ1v) is 7.10. The summed E-state index contributed by atoms with van der Waals surface area (Å²) in [7, 11) is 1.75. The third kappa shape index (κ3) is 2.91. The van der Waals surface area contributed by atoms with Crippen LogP contribution in [0.4, 0.5) is 13.2 Å². The highest BCUT2D eigenvalue weighted by Crippen LogP contribution is 2.49. The number of rotatable bonds is 3. The van der Waals surface area contributed by atoms with Gasteiger partial charge in [-0.2, -0.15) is 18.3 Å². The number of nitrogens with one attached hydrogen (secondary N) is 1. The molecule has 0 saturated heterocycles. The molecule has 0 radical (unpaired) electrons.